The lowest BCUT2D eigenvalue weighted by Gasteiger charge is -2.34. The molecule has 1 fully saturated rings. The Morgan fingerprint density at radius 3 is 2.15 bits per heavy atom. The van der Waals surface area contributed by atoms with Crippen molar-refractivity contribution in [2.24, 2.45) is 11.8 Å². The number of nitrogens with zero attached hydrogens (tertiary/aromatic N) is 4. The highest BCUT2D eigenvalue weighted by Gasteiger charge is 2.23. The fourth-order valence-electron chi connectivity index (χ4n) is 5.17. The van der Waals surface area contributed by atoms with Crippen molar-refractivity contribution in [1.82, 2.24) is 35.1 Å². The molecular weight excluding hydrogens is 410 g/mol. The van der Waals surface area contributed by atoms with Crippen LogP contribution in [0.5, 0.6) is 0 Å². The van der Waals surface area contributed by atoms with Gasteiger partial charge >= 0.3 is 0 Å². The maximum Gasteiger partial charge on any atom is 0.106 e. The zero-order chi connectivity index (χ0) is 23.1. The van der Waals surface area contributed by atoms with Gasteiger partial charge in [0.1, 0.15) is 11.6 Å². The van der Waals surface area contributed by atoms with Gasteiger partial charge in [-0.15, -0.1) is 0 Å². The highest BCUT2D eigenvalue weighted by Crippen LogP contribution is 2.20. The number of H-pyrrole nitrogens is 2. The van der Waals surface area contributed by atoms with E-state index in [1.54, 1.807) is 0 Å². The molecule has 33 heavy (non-hydrogen) atoms. The van der Waals surface area contributed by atoms with Crippen LogP contribution in [-0.4, -0.2) is 82.1 Å². The Balaban J connectivity index is 1.30. The summed E-state index contributed by atoms with van der Waals surface area (Å²) in [7, 11) is 0. The highest BCUT2D eigenvalue weighted by atomic mass is 15.1. The monoisotopic (exact) mass is 457 g/mol. The molecule has 0 radical (unpaired) electrons. The van der Waals surface area contributed by atoms with Crippen LogP contribution in [-0.2, 0) is 12.8 Å². The maximum atomic E-state index is 4.46. The Morgan fingerprint density at radius 2 is 1.61 bits per heavy atom. The van der Waals surface area contributed by atoms with Gasteiger partial charge in [0.25, 0.3) is 0 Å². The molecule has 7 nitrogen and oxygen atoms in total. The van der Waals surface area contributed by atoms with Gasteiger partial charge in [-0.3, -0.25) is 0 Å². The summed E-state index contributed by atoms with van der Waals surface area (Å²) < 4.78 is 0. The first-order valence-corrected chi connectivity index (χ1v) is 13.4. The molecule has 186 valence electrons. The van der Waals surface area contributed by atoms with Crippen molar-refractivity contribution in [2.75, 3.05) is 52.4 Å². The highest BCUT2D eigenvalue weighted by molar-refractivity contribution is 4.95. The standard InChI is InChI=1S/C26H47N7/c1-3-14-32(15-4-2)16-6-5-9-27-21-23-7-17-33(18-8-23)22-24(19-25-28-10-11-29-25)20-26-30-12-13-31-26/h10-13,23-24,27H,3-9,14-22H2,1-2H3,(H,28,29)(H,30,31). The van der Waals surface area contributed by atoms with Crippen molar-refractivity contribution in [3.8, 4) is 0 Å². The summed E-state index contributed by atoms with van der Waals surface area (Å²) in [4.78, 5) is 20.7. The number of unbranched alkanes of at least 4 members (excludes halogenated alkanes) is 1. The topological polar surface area (TPSA) is 75.9 Å². The van der Waals surface area contributed by atoms with E-state index in [9.17, 15) is 0 Å². The summed E-state index contributed by atoms with van der Waals surface area (Å²) in [6.45, 7) is 14.2. The number of imidazole rings is 2. The number of likely N-dealkylation sites (tertiary alicyclic amines) is 1. The minimum absolute atomic E-state index is 0.525. The first-order chi connectivity index (χ1) is 16.3. The molecule has 0 unspecified atom stereocenters. The second-order valence-corrected chi connectivity index (χ2v) is 9.84. The number of aromatic nitrogens is 4. The van der Waals surface area contributed by atoms with E-state index >= 15 is 0 Å². The molecule has 1 aliphatic heterocycles. The van der Waals surface area contributed by atoms with E-state index in [2.05, 4.69) is 48.9 Å². The predicted octanol–water partition coefficient (Wildman–Crippen LogP) is 3.74. The van der Waals surface area contributed by atoms with Crippen molar-refractivity contribution in [1.29, 1.82) is 0 Å². The largest absolute Gasteiger partial charge is 0.349 e. The zero-order valence-corrected chi connectivity index (χ0v) is 21.1. The van der Waals surface area contributed by atoms with Crippen molar-refractivity contribution in [3.05, 3.63) is 36.4 Å². The smallest absolute Gasteiger partial charge is 0.106 e. The fourth-order valence-corrected chi connectivity index (χ4v) is 5.17. The summed E-state index contributed by atoms with van der Waals surface area (Å²) in [5, 5.41) is 3.75. The van der Waals surface area contributed by atoms with E-state index in [1.807, 2.05) is 24.8 Å². The molecule has 7 heteroatoms. The van der Waals surface area contributed by atoms with E-state index in [4.69, 9.17) is 0 Å². The molecule has 0 spiro atoms. The lowest BCUT2D eigenvalue weighted by molar-refractivity contribution is 0.157. The molecule has 0 saturated carbocycles. The minimum atomic E-state index is 0.525. The van der Waals surface area contributed by atoms with Gasteiger partial charge in [0.15, 0.2) is 0 Å². The molecule has 2 aromatic heterocycles. The van der Waals surface area contributed by atoms with Crippen molar-refractivity contribution < 1.29 is 0 Å². The Hall–Kier alpha value is -1.70. The van der Waals surface area contributed by atoms with E-state index in [0.29, 0.717) is 5.92 Å². The van der Waals surface area contributed by atoms with Crippen LogP contribution in [0.3, 0.4) is 0 Å². The Bertz CT molecular complexity index is 650. The zero-order valence-electron chi connectivity index (χ0n) is 21.1. The van der Waals surface area contributed by atoms with Gasteiger partial charge in [0.05, 0.1) is 0 Å². The second kappa shape index (κ2) is 15.3. The van der Waals surface area contributed by atoms with Crippen molar-refractivity contribution >= 4 is 0 Å². The van der Waals surface area contributed by atoms with E-state index in [-0.39, 0.29) is 0 Å². The summed E-state index contributed by atoms with van der Waals surface area (Å²) in [5.41, 5.74) is 0. The van der Waals surface area contributed by atoms with Crippen LogP contribution < -0.4 is 5.32 Å². The lowest BCUT2D eigenvalue weighted by atomic mass is 9.94. The molecule has 0 atom stereocenters. The van der Waals surface area contributed by atoms with E-state index in [0.717, 1.165) is 37.0 Å². The molecule has 3 rings (SSSR count). The number of aromatic amines is 2. The van der Waals surface area contributed by atoms with Crippen molar-refractivity contribution in [3.63, 3.8) is 0 Å². The molecule has 2 aromatic rings. The summed E-state index contributed by atoms with van der Waals surface area (Å²) in [5.74, 6) is 3.51. The predicted molar refractivity (Wildman–Crippen MR) is 136 cm³/mol. The summed E-state index contributed by atoms with van der Waals surface area (Å²) in [6, 6.07) is 0. The van der Waals surface area contributed by atoms with Gasteiger partial charge in [0.2, 0.25) is 0 Å². The maximum absolute atomic E-state index is 4.46. The van der Waals surface area contributed by atoms with Gasteiger partial charge in [-0.05, 0) is 96.2 Å². The van der Waals surface area contributed by atoms with Crippen LogP contribution in [0.15, 0.2) is 24.8 Å². The first-order valence-electron chi connectivity index (χ1n) is 13.4. The third-order valence-corrected chi connectivity index (χ3v) is 6.89. The van der Waals surface area contributed by atoms with Gasteiger partial charge in [-0.1, -0.05) is 13.8 Å². The molecule has 0 bridgehead atoms. The normalized spacial score (nSPS) is 15.8. The number of hydrogen-bond acceptors (Lipinski definition) is 5. The van der Waals surface area contributed by atoms with Gasteiger partial charge in [0, 0.05) is 44.2 Å². The van der Waals surface area contributed by atoms with E-state index in [1.165, 1.54) is 84.3 Å². The minimum Gasteiger partial charge on any atom is -0.349 e. The molecule has 3 heterocycles. The van der Waals surface area contributed by atoms with Crippen molar-refractivity contribution in [2.45, 2.75) is 65.2 Å². The van der Waals surface area contributed by atoms with Crippen LogP contribution in [0.2, 0.25) is 0 Å². The Kier molecular flexibility index (Phi) is 12.0. The summed E-state index contributed by atoms with van der Waals surface area (Å²) in [6.07, 6.45) is 17.3. The molecule has 1 aliphatic rings. The van der Waals surface area contributed by atoms with Crippen LogP contribution >= 0.6 is 0 Å². The van der Waals surface area contributed by atoms with Gasteiger partial charge < -0.3 is 25.1 Å². The molecule has 3 N–H and O–H groups in total. The van der Waals surface area contributed by atoms with Crippen LogP contribution in [0.4, 0.5) is 0 Å². The SMILES string of the molecule is CCCN(CCC)CCCCNCC1CCN(CC(Cc2ncc[nH]2)Cc2ncc[nH]2)CC1. The van der Waals surface area contributed by atoms with E-state index < -0.39 is 0 Å². The number of nitrogens with one attached hydrogen (secondary N) is 3. The third kappa shape index (κ3) is 9.98. The van der Waals surface area contributed by atoms with Gasteiger partial charge in [-0.2, -0.15) is 0 Å². The average molecular weight is 458 g/mol. The second-order valence-electron chi connectivity index (χ2n) is 9.84. The van der Waals surface area contributed by atoms with Gasteiger partial charge in [-0.25, -0.2) is 9.97 Å². The number of rotatable bonds is 17. The fraction of sp³-hybridized carbons (Fsp3) is 0.769. The number of piperidine rings is 1. The Labute approximate surface area is 201 Å². The summed E-state index contributed by atoms with van der Waals surface area (Å²) >= 11 is 0. The quantitative estimate of drug-likeness (QED) is 0.316. The first kappa shape index (κ1) is 25.9. The van der Waals surface area contributed by atoms with Crippen LogP contribution in [0.1, 0.15) is 64.0 Å². The average Bonchev–Trinajstić information content (AvgIpc) is 3.52. The lowest BCUT2D eigenvalue weighted by Crippen LogP contribution is -2.40. The number of hydrogen-bond donors (Lipinski definition) is 3. The Morgan fingerprint density at radius 1 is 0.970 bits per heavy atom. The van der Waals surface area contributed by atoms with Crippen LogP contribution in [0, 0.1) is 11.8 Å². The van der Waals surface area contributed by atoms with Crippen LogP contribution in [0.25, 0.3) is 0 Å². The molecule has 0 aromatic carbocycles. The molecule has 0 aliphatic carbocycles. The molecular formula is C26H47N7. The molecule has 1 saturated heterocycles. The molecule has 0 amide bonds. The third-order valence-electron chi connectivity index (χ3n) is 6.89.